The molecular weight excluding hydrogens is 282 g/mol. The molecule has 0 radical (unpaired) electrons. The van der Waals surface area contributed by atoms with Crippen LogP contribution in [0, 0.1) is 17.0 Å². The Balaban J connectivity index is 2.38. The fourth-order valence-electron chi connectivity index (χ4n) is 1.71. The Morgan fingerprint density at radius 3 is 2.65 bits per heavy atom. The van der Waals surface area contributed by atoms with Crippen LogP contribution in [0.5, 0.6) is 11.5 Å². The number of rotatable bonds is 4. The molecule has 0 amide bonds. The second-order valence-electron chi connectivity index (χ2n) is 4.24. The second-order valence-corrected chi connectivity index (χ2v) is 4.65. The van der Waals surface area contributed by atoms with Gasteiger partial charge in [-0.2, -0.15) is 0 Å². The third kappa shape index (κ3) is 3.07. The molecule has 0 aliphatic rings. The fourth-order valence-corrected chi connectivity index (χ4v) is 1.87. The van der Waals surface area contributed by atoms with Crippen LogP contribution in [0.2, 0.25) is 5.02 Å². The molecule has 0 saturated carbocycles. The van der Waals surface area contributed by atoms with E-state index in [1.165, 1.54) is 18.2 Å². The van der Waals surface area contributed by atoms with Gasteiger partial charge in [0, 0.05) is 17.7 Å². The van der Waals surface area contributed by atoms with Crippen molar-refractivity contribution in [3.63, 3.8) is 0 Å². The number of aliphatic hydroxyl groups is 1. The number of hydrogen-bond acceptors (Lipinski definition) is 4. The van der Waals surface area contributed by atoms with Gasteiger partial charge in [0.2, 0.25) is 0 Å². The molecule has 0 bridgehead atoms. The maximum Gasteiger partial charge on any atom is 0.270 e. The molecular formula is C14H12ClNO4. The molecule has 0 heterocycles. The lowest BCUT2D eigenvalue weighted by atomic mass is 10.2. The minimum atomic E-state index is -0.525. The number of aliphatic hydroxyl groups excluding tert-OH is 1. The van der Waals surface area contributed by atoms with E-state index in [9.17, 15) is 15.2 Å². The van der Waals surface area contributed by atoms with Crippen molar-refractivity contribution in [3.8, 4) is 11.5 Å². The molecule has 0 aliphatic heterocycles. The molecule has 0 aliphatic carbocycles. The van der Waals surface area contributed by atoms with E-state index >= 15 is 0 Å². The lowest BCUT2D eigenvalue weighted by Crippen LogP contribution is -1.95. The number of hydrogen-bond donors (Lipinski definition) is 1. The lowest BCUT2D eigenvalue weighted by molar-refractivity contribution is -0.385. The maximum atomic E-state index is 10.7. The molecule has 2 aromatic rings. The maximum absolute atomic E-state index is 10.7. The standard InChI is InChI=1S/C14H12ClNO4/c1-9-2-4-12(15)14(6-9)20-13-5-3-11(16(18)19)7-10(13)8-17/h2-7,17H,8H2,1H3. The third-order valence-electron chi connectivity index (χ3n) is 2.73. The highest BCUT2D eigenvalue weighted by Gasteiger charge is 2.13. The highest BCUT2D eigenvalue weighted by atomic mass is 35.5. The van der Waals surface area contributed by atoms with Crippen LogP contribution in [-0.4, -0.2) is 10.0 Å². The van der Waals surface area contributed by atoms with Gasteiger partial charge in [0.15, 0.2) is 0 Å². The van der Waals surface area contributed by atoms with Crippen molar-refractivity contribution in [2.24, 2.45) is 0 Å². The van der Waals surface area contributed by atoms with Gasteiger partial charge in [-0.05, 0) is 30.7 Å². The van der Waals surface area contributed by atoms with Crippen LogP contribution in [0.25, 0.3) is 0 Å². The van der Waals surface area contributed by atoms with Crippen LogP contribution < -0.4 is 4.74 Å². The van der Waals surface area contributed by atoms with E-state index in [0.717, 1.165) is 5.56 Å². The normalized spacial score (nSPS) is 10.3. The number of non-ortho nitro benzene ring substituents is 1. The summed E-state index contributed by atoms with van der Waals surface area (Å²) in [6, 6.07) is 9.35. The number of nitrogens with zero attached hydrogens (tertiary/aromatic N) is 1. The van der Waals surface area contributed by atoms with E-state index in [-0.39, 0.29) is 12.3 Å². The van der Waals surface area contributed by atoms with Crippen molar-refractivity contribution in [3.05, 3.63) is 62.7 Å². The summed E-state index contributed by atoms with van der Waals surface area (Å²) >= 11 is 6.03. The highest BCUT2D eigenvalue weighted by Crippen LogP contribution is 2.33. The predicted molar refractivity (Wildman–Crippen MR) is 75.3 cm³/mol. The van der Waals surface area contributed by atoms with Gasteiger partial charge in [-0.1, -0.05) is 17.7 Å². The fraction of sp³-hybridized carbons (Fsp3) is 0.143. The molecule has 0 atom stereocenters. The largest absolute Gasteiger partial charge is 0.455 e. The van der Waals surface area contributed by atoms with Crippen LogP contribution in [0.15, 0.2) is 36.4 Å². The van der Waals surface area contributed by atoms with Crippen molar-refractivity contribution in [2.45, 2.75) is 13.5 Å². The minimum absolute atomic E-state index is 0.100. The zero-order valence-electron chi connectivity index (χ0n) is 10.7. The van der Waals surface area contributed by atoms with Gasteiger partial charge in [-0.25, -0.2) is 0 Å². The van der Waals surface area contributed by atoms with Crippen LogP contribution in [0.3, 0.4) is 0 Å². The smallest absolute Gasteiger partial charge is 0.270 e. The van der Waals surface area contributed by atoms with Gasteiger partial charge in [0.05, 0.1) is 16.6 Å². The molecule has 6 heteroatoms. The summed E-state index contributed by atoms with van der Waals surface area (Å²) in [5, 5.41) is 20.4. The molecule has 0 aromatic heterocycles. The number of nitro groups is 1. The summed E-state index contributed by atoms with van der Waals surface area (Å²) < 4.78 is 5.63. The summed E-state index contributed by atoms with van der Waals surface area (Å²) in [6.45, 7) is 1.53. The molecule has 1 N–H and O–H groups in total. The first kappa shape index (κ1) is 14.3. The summed E-state index contributed by atoms with van der Waals surface area (Å²) in [6.07, 6.45) is 0. The Hall–Kier alpha value is -2.11. The van der Waals surface area contributed by atoms with Crippen LogP contribution in [0.4, 0.5) is 5.69 Å². The van der Waals surface area contributed by atoms with E-state index < -0.39 is 4.92 Å². The first-order valence-corrected chi connectivity index (χ1v) is 6.21. The van der Waals surface area contributed by atoms with Crippen molar-refractivity contribution in [2.75, 3.05) is 0 Å². The topological polar surface area (TPSA) is 72.6 Å². The Morgan fingerprint density at radius 2 is 2.00 bits per heavy atom. The first-order valence-electron chi connectivity index (χ1n) is 5.83. The molecule has 5 nitrogen and oxygen atoms in total. The summed E-state index contributed by atoms with van der Waals surface area (Å²) in [4.78, 5) is 10.2. The predicted octanol–water partition coefficient (Wildman–Crippen LogP) is 3.84. The zero-order valence-corrected chi connectivity index (χ0v) is 11.4. The molecule has 104 valence electrons. The number of halogens is 1. The Kier molecular flexibility index (Phi) is 4.22. The first-order chi connectivity index (χ1) is 9.51. The number of aryl methyl sites for hydroxylation is 1. The quantitative estimate of drug-likeness (QED) is 0.686. The number of nitro benzene ring substituents is 1. The van der Waals surface area contributed by atoms with Crippen LogP contribution >= 0.6 is 11.6 Å². The molecule has 2 rings (SSSR count). The van der Waals surface area contributed by atoms with Crippen LogP contribution in [-0.2, 0) is 6.61 Å². The van der Waals surface area contributed by atoms with E-state index in [1.807, 2.05) is 13.0 Å². The van der Waals surface area contributed by atoms with Gasteiger partial charge in [0.25, 0.3) is 5.69 Å². The van der Waals surface area contributed by atoms with Crippen molar-refractivity contribution in [1.82, 2.24) is 0 Å². The average molecular weight is 294 g/mol. The summed E-state index contributed by atoms with van der Waals surface area (Å²) in [7, 11) is 0. The lowest BCUT2D eigenvalue weighted by Gasteiger charge is -2.11. The third-order valence-corrected chi connectivity index (χ3v) is 3.04. The van der Waals surface area contributed by atoms with E-state index in [0.29, 0.717) is 22.1 Å². The zero-order chi connectivity index (χ0) is 14.7. The van der Waals surface area contributed by atoms with E-state index in [2.05, 4.69) is 0 Å². The summed E-state index contributed by atoms with van der Waals surface area (Å²) in [5.74, 6) is 0.779. The number of ether oxygens (including phenoxy) is 1. The molecule has 20 heavy (non-hydrogen) atoms. The van der Waals surface area contributed by atoms with Gasteiger partial charge in [-0.3, -0.25) is 10.1 Å². The average Bonchev–Trinajstić information content (AvgIpc) is 2.43. The van der Waals surface area contributed by atoms with Gasteiger partial charge < -0.3 is 9.84 Å². The van der Waals surface area contributed by atoms with Crippen molar-refractivity contribution >= 4 is 17.3 Å². The Labute approximate surface area is 120 Å². The van der Waals surface area contributed by atoms with Crippen molar-refractivity contribution in [1.29, 1.82) is 0 Å². The van der Waals surface area contributed by atoms with Crippen molar-refractivity contribution < 1.29 is 14.8 Å². The second kappa shape index (κ2) is 5.90. The molecule has 2 aromatic carbocycles. The minimum Gasteiger partial charge on any atom is -0.455 e. The van der Waals surface area contributed by atoms with Crippen LogP contribution in [0.1, 0.15) is 11.1 Å². The number of benzene rings is 2. The SMILES string of the molecule is Cc1ccc(Cl)c(Oc2ccc([N+](=O)[O-])cc2CO)c1. The monoisotopic (exact) mass is 293 g/mol. The summed E-state index contributed by atoms with van der Waals surface area (Å²) in [5.41, 5.74) is 1.20. The Morgan fingerprint density at radius 1 is 1.25 bits per heavy atom. The Bertz CT molecular complexity index is 658. The van der Waals surface area contributed by atoms with Gasteiger partial charge >= 0.3 is 0 Å². The highest BCUT2D eigenvalue weighted by molar-refractivity contribution is 6.32. The molecule has 0 fully saturated rings. The molecule has 0 unspecified atom stereocenters. The molecule has 0 saturated heterocycles. The van der Waals surface area contributed by atoms with E-state index in [4.69, 9.17) is 16.3 Å². The van der Waals surface area contributed by atoms with Gasteiger partial charge in [-0.15, -0.1) is 0 Å². The van der Waals surface area contributed by atoms with Gasteiger partial charge in [0.1, 0.15) is 11.5 Å². The van der Waals surface area contributed by atoms with E-state index in [1.54, 1.807) is 12.1 Å². The molecule has 0 spiro atoms.